The summed E-state index contributed by atoms with van der Waals surface area (Å²) in [5, 5.41) is 7.01. The molecule has 2 aliphatic rings. The number of carbonyl (C=O) groups excluding carboxylic acids is 1. The number of rotatable bonds is 5. The minimum Gasteiger partial charge on any atom is -0.441 e. The molecule has 5 rings (SSSR count). The Morgan fingerprint density at radius 2 is 1.88 bits per heavy atom. The second kappa shape index (κ2) is 9.36. The minimum atomic E-state index is -0.0134. The SMILES string of the molecule is Cc1ncc(-c2ccc3cnc(NC(=O)C4CCC(ON5CCOCC5)CC4)cc3c2)o1. The summed E-state index contributed by atoms with van der Waals surface area (Å²) in [6.45, 7) is 4.88. The van der Waals surface area contributed by atoms with Crippen LogP contribution in [-0.2, 0) is 14.4 Å². The molecular formula is C24H28N4O4. The molecule has 1 saturated heterocycles. The number of aromatic nitrogens is 2. The van der Waals surface area contributed by atoms with E-state index in [9.17, 15) is 4.79 Å². The van der Waals surface area contributed by atoms with Crippen LogP contribution in [0.15, 0.2) is 41.1 Å². The van der Waals surface area contributed by atoms with Crippen molar-refractivity contribution in [1.29, 1.82) is 0 Å². The first-order valence-electron chi connectivity index (χ1n) is 11.3. The second-order valence-corrected chi connectivity index (χ2v) is 8.48. The summed E-state index contributed by atoms with van der Waals surface area (Å²) in [5.74, 6) is 1.94. The van der Waals surface area contributed by atoms with E-state index >= 15 is 0 Å². The second-order valence-electron chi connectivity index (χ2n) is 8.48. The van der Waals surface area contributed by atoms with E-state index in [0.717, 1.165) is 74.1 Å². The number of nitrogens with zero attached hydrogens (tertiary/aromatic N) is 3. The number of aryl methyl sites for hydroxylation is 1. The van der Waals surface area contributed by atoms with Gasteiger partial charge >= 0.3 is 0 Å². The van der Waals surface area contributed by atoms with E-state index in [1.165, 1.54) is 0 Å². The van der Waals surface area contributed by atoms with Gasteiger partial charge in [-0.15, -0.1) is 0 Å². The molecular weight excluding hydrogens is 408 g/mol. The molecule has 32 heavy (non-hydrogen) atoms. The van der Waals surface area contributed by atoms with Crippen molar-refractivity contribution >= 4 is 22.5 Å². The average Bonchev–Trinajstić information content (AvgIpc) is 3.26. The van der Waals surface area contributed by atoms with Gasteiger partial charge < -0.3 is 14.5 Å². The summed E-state index contributed by atoms with van der Waals surface area (Å²) in [7, 11) is 0. The van der Waals surface area contributed by atoms with E-state index in [-0.39, 0.29) is 17.9 Å². The van der Waals surface area contributed by atoms with Crippen LogP contribution in [0.1, 0.15) is 31.6 Å². The predicted octanol–water partition coefficient (Wildman–Crippen LogP) is 3.96. The molecule has 1 amide bonds. The van der Waals surface area contributed by atoms with Crippen molar-refractivity contribution in [2.45, 2.75) is 38.7 Å². The topological polar surface area (TPSA) is 89.7 Å². The maximum absolute atomic E-state index is 12.8. The fourth-order valence-electron chi connectivity index (χ4n) is 4.38. The number of amides is 1. The zero-order valence-corrected chi connectivity index (χ0v) is 18.3. The Morgan fingerprint density at radius 1 is 1.06 bits per heavy atom. The van der Waals surface area contributed by atoms with Crippen LogP contribution >= 0.6 is 0 Å². The van der Waals surface area contributed by atoms with E-state index in [1.54, 1.807) is 12.4 Å². The van der Waals surface area contributed by atoms with Gasteiger partial charge in [0.1, 0.15) is 5.82 Å². The van der Waals surface area contributed by atoms with Gasteiger partial charge in [0.25, 0.3) is 0 Å². The van der Waals surface area contributed by atoms with E-state index in [2.05, 4.69) is 15.3 Å². The largest absolute Gasteiger partial charge is 0.441 e. The molecule has 2 aromatic heterocycles. The van der Waals surface area contributed by atoms with Gasteiger partial charge in [0.2, 0.25) is 5.91 Å². The smallest absolute Gasteiger partial charge is 0.228 e. The van der Waals surface area contributed by atoms with Crippen LogP contribution in [0.3, 0.4) is 0 Å². The first-order valence-corrected chi connectivity index (χ1v) is 11.3. The lowest BCUT2D eigenvalue weighted by Gasteiger charge is -2.33. The van der Waals surface area contributed by atoms with Crippen molar-refractivity contribution < 1.29 is 18.8 Å². The lowest BCUT2D eigenvalue weighted by atomic mass is 9.87. The zero-order chi connectivity index (χ0) is 21.9. The Bertz CT molecular complexity index is 1080. The van der Waals surface area contributed by atoms with E-state index < -0.39 is 0 Å². The number of oxazole rings is 1. The molecule has 1 aromatic carbocycles. The average molecular weight is 437 g/mol. The molecule has 0 unspecified atom stereocenters. The molecule has 0 atom stereocenters. The van der Waals surface area contributed by atoms with Crippen molar-refractivity contribution in [2.75, 3.05) is 31.6 Å². The number of benzene rings is 1. The highest BCUT2D eigenvalue weighted by atomic mass is 16.7. The van der Waals surface area contributed by atoms with Crippen LogP contribution in [0.2, 0.25) is 0 Å². The fourth-order valence-corrected chi connectivity index (χ4v) is 4.38. The molecule has 0 spiro atoms. The standard InChI is InChI=1S/C24H28N4O4/c1-16-25-15-22(31-16)18-2-3-19-14-26-23(13-20(19)12-18)27-24(29)17-4-6-21(7-5-17)32-28-8-10-30-11-9-28/h2-3,12-15,17,21H,4-11H2,1H3,(H,26,27,29). The third-order valence-corrected chi connectivity index (χ3v) is 6.19. The number of morpholine rings is 1. The third-order valence-electron chi connectivity index (χ3n) is 6.19. The van der Waals surface area contributed by atoms with Gasteiger partial charge in [-0.2, -0.15) is 5.06 Å². The molecule has 1 saturated carbocycles. The number of nitrogens with one attached hydrogen (secondary N) is 1. The van der Waals surface area contributed by atoms with Gasteiger partial charge in [-0.1, -0.05) is 12.1 Å². The first-order chi connectivity index (χ1) is 15.6. The van der Waals surface area contributed by atoms with Crippen molar-refractivity contribution in [3.05, 3.63) is 42.5 Å². The summed E-state index contributed by atoms with van der Waals surface area (Å²) >= 11 is 0. The van der Waals surface area contributed by atoms with Crippen molar-refractivity contribution in [3.63, 3.8) is 0 Å². The lowest BCUT2D eigenvalue weighted by Crippen LogP contribution is -2.40. The monoisotopic (exact) mass is 436 g/mol. The van der Waals surface area contributed by atoms with Crippen LogP contribution in [-0.4, -0.2) is 53.3 Å². The molecule has 3 heterocycles. The minimum absolute atomic E-state index is 0.0134. The lowest BCUT2D eigenvalue weighted by molar-refractivity contribution is -0.231. The van der Waals surface area contributed by atoms with Crippen LogP contribution in [0, 0.1) is 12.8 Å². The van der Waals surface area contributed by atoms with Crippen LogP contribution in [0.5, 0.6) is 0 Å². The van der Waals surface area contributed by atoms with Gasteiger partial charge in [-0.3, -0.25) is 9.63 Å². The molecule has 0 radical (unpaired) electrons. The van der Waals surface area contributed by atoms with E-state index in [1.807, 2.05) is 36.3 Å². The number of anilines is 1. The van der Waals surface area contributed by atoms with Crippen LogP contribution in [0.25, 0.3) is 22.1 Å². The Labute approximate surface area is 186 Å². The van der Waals surface area contributed by atoms with Gasteiger partial charge in [-0.05, 0) is 43.2 Å². The first kappa shape index (κ1) is 21.1. The molecule has 8 heteroatoms. The van der Waals surface area contributed by atoms with Crippen molar-refractivity contribution in [1.82, 2.24) is 15.0 Å². The van der Waals surface area contributed by atoms with Crippen molar-refractivity contribution in [2.24, 2.45) is 5.92 Å². The number of ether oxygens (including phenoxy) is 1. The normalized spacial score (nSPS) is 22.2. The molecule has 0 bridgehead atoms. The fraction of sp³-hybridized carbons (Fsp3) is 0.458. The Balaban J connectivity index is 1.20. The molecule has 8 nitrogen and oxygen atoms in total. The maximum atomic E-state index is 12.8. The number of hydrogen-bond donors (Lipinski definition) is 1. The molecule has 1 N–H and O–H groups in total. The summed E-state index contributed by atoms with van der Waals surface area (Å²) in [4.78, 5) is 27.5. The summed E-state index contributed by atoms with van der Waals surface area (Å²) in [5.41, 5.74) is 0.945. The summed E-state index contributed by atoms with van der Waals surface area (Å²) < 4.78 is 11.0. The highest BCUT2D eigenvalue weighted by Gasteiger charge is 2.28. The van der Waals surface area contributed by atoms with Gasteiger partial charge in [0, 0.05) is 43.1 Å². The molecule has 1 aliphatic carbocycles. The van der Waals surface area contributed by atoms with Crippen molar-refractivity contribution in [3.8, 4) is 11.3 Å². The van der Waals surface area contributed by atoms with E-state index in [0.29, 0.717) is 11.7 Å². The van der Waals surface area contributed by atoms with E-state index in [4.69, 9.17) is 14.0 Å². The number of hydroxylamine groups is 2. The maximum Gasteiger partial charge on any atom is 0.228 e. The number of fused-ring (bicyclic) bond motifs is 1. The number of carbonyl (C=O) groups is 1. The summed E-state index contributed by atoms with van der Waals surface area (Å²) in [6, 6.07) is 7.92. The molecule has 1 aliphatic heterocycles. The van der Waals surface area contributed by atoms with Gasteiger partial charge in [-0.25, -0.2) is 9.97 Å². The predicted molar refractivity (Wildman–Crippen MR) is 120 cm³/mol. The Morgan fingerprint density at radius 3 is 2.62 bits per heavy atom. The van der Waals surface area contributed by atoms with Gasteiger partial charge in [0.05, 0.1) is 25.5 Å². The zero-order valence-electron chi connectivity index (χ0n) is 18.3. The number of pyridine rings is 1. The Kier molecular flexibility index (Phi) is 6.16. The highest BCUT2D eigenvalue weighted by Crippen LogP contribution is 2.29. The van der Waals surface area contributed by atoms with Gasteiger partial charge in [0.15, 0.2) is 11.7 Å². The third kappa shape index (κ3) is 4.82. The summed E-state index contributed by atoms with van der Waals surface area (Å²) in [6.07, 6.45) is 7.12. The molecule has 3 aromatic rings. The molecule has 168 valence electrons. The number of hydrogen-bond acceptors (Lipinski definition) is 7. The highest BCUT2D eigenvalue weighted by molar-refractivity contribution is 5.94. The molecule has 2 fully saturated rings. The van der Waals surface area contributed by atoms with Crippen LogP contribution < -0.4 is 5.32 Å². The van der Waals surface area contributed by atoms with Crippen LogP contribution in [0.4, 0.5) is 5.82 Å². The quantitative estimate of drug-likeness (QED) is 0.647. The Hall–Kier alpha value is -2.81.